The molecule has 0 bridgehead atoms. The normalized spacial score (nSPS) is 21.3. The number of amides is 1. The van der Waals surface area contributed by atoms with Gasteiger partial charge in [-0.2, -0.15) is 0 Å². The minimum atomic E-state index is 0.184. The standard InChI is InChI=1S/C18H26N2O4/c1-13-12-24-7-6-19(13)11-18(21)20-5-4-14-8-16(22-2)17(23-3)9-15(14)10-20/h8-9,13H,4-7,10-12H2,1-3H3. The Morgan fingerprint density at radius 2 is 1.92 bits per heavy atom. The Labute approximate surface area is 143 Å². The molecule has 1 amide bonds. The molecule has 3 rings (SSSR count). The highest BCUT2D eigenvalue weighted by atomic mass is 16.5. The predicted molar refractivity (Wildman–Crippen MR) is 90.5 cm³/mol. The second-order valence-corrected chi connectivity index (χ2v) is 6.44. The first-order chi connectivity index (χ1) is 11.6. The number of morpholine rings is 1. The van der Waals surface area contributed by atoms with Crippen LogP contribution in [0.5, 0.6) is 11.5 Å². The first kappa shape index (κ1) is 17.0. The highest BCUT2D eigenvalue weighted by molar-refractivity contribution is 5.78. The van der Waals surface area contributed by atoms with Crippen LogP contribution in [0.15, 0.2) is 12.1 Å². The number of rotatable bonds is 4. The third kappa shape index (κ3) is 3.49. The number of benzene rings is 1. The number of hydrogen-bond acceptors (Lipinski definition) is 5. The van der Waals surface area contributed by atoms with Gasteiger partial charge in [-0.15, -0.1) is 0 Å². The van der Waals surface area contributed by atoms with E-state index in [-0.39, 0.29) is 5.91 Å². The average molecular weight is 334 g/mol. The van der Waals surface area contributed by atoms with Crippen molar-refractivity contribution in [1.29, 1.82) is 0 Å². The van der Waals surface area contributed by atoms with E-state index in [0.717, 1.165) is 30.8 Å². The van der Waals surface area contributed by atoms with Crippen molar-refractivity contribution in [3.8, 4) is 11.5 Å². The molecule has 24 heavy (non-hydrogen) atoms. The maximum Gasteiger partial charge on any atom is 0.237 e. The van der Waals surface area contributed by atoms with Gasteiger partial charge in [0.2, 0.25) is 5.91 Å². The molecule has 0 aliphatic carbocycles. The fraction of sp³-hybridized carbons (Fsp3) is 0.611. The van der Waals surface area contributed by atoms with Crippen LogP contribution < -0.4 is 9.47 Å². The molecular formula is C18H26N2O4. The number of fused-ring (bicyclic) bond motifs is 1. The Balaban J connectivity index is 1.68. The number of carbonyl (C=O) groups excluding carboxylic acids is 1. The van der Waals surface area contributed by atoms with Crippen LogP contribution in [0.4, 0.5) is 0 Å². The Bertz CT molecular complexity index is 605. The number of ether oxygens (including phenoxy) is 3. The van der Waals surface area contributed by atoms with E-state index < -0.39 is 0 Å². The molecule has 1 unspecified atom stereocenters. The van der Waals surface area contributed by atoms with Gasteiger partial charge in [0.15, 0.2) is 11.5 Å². The molecule has 1 aromatic rings. The summed E-state index contributed by atoms with van der Waals surface area (Å²) < 4.78 is 16.2. The minimum absolute atomic E-state index is 0.184. The third-order valence-corrected chi connectivity index (χ3v) is 4.91. The van der Waals surface area contributed by atoms with E-state index in [4.69, 9.17) is 14.2 Å². The monoisotopic (exact) mass is 334 g/mol. The largest absolute Gasteiger partial charge is 0.493 e. The fourth-order valence-corrected chi connectivity index (χ4v) is 3.37. The van der Waals surface area contributed by atoms with Gasteiger partial charge in [-0.1, -0.05) is 0 Å². The van der Waals surface area contributed by atoms with Gasteiger partial charge >= 0.3 is 0 Å². The molecule has 132 valence electrons. The highest BCUT2D eigenvalue weighted by Gasteiger charge is 2.26. The molecule has 0 aromatic heterocycles. The van der Waals surface area contributed by atoms with Gasteiger partial charge in [0.05, 0.1) is 34.0 Å². The summed E-state index contributed by atoms with van der Waals surface area (Å²) in [6.07, 6.45) is 0.847. The van der Waals surface area contributed by atoms with Crippen molar-refractivity contribution in [1.82, 2.24) is 9.80 Å². The van der Waals surface area contributed by atoms with Gasteiger partial charge in [-0.3, -0.25) is 9.69 Å². The van der Waals surface area contributed by atoms with Gasteiger partial charge in [0, 0.05) is 25.7 Å². The molecule has 6 heteroatoms. The zero-order valence-electron chi connectivity index (χ0n) is 14.7. The summed E-state index contributed by atoms with van der Waals surface area (Å²) in [6.45, 7) is 6.18. The Morgan fingerprint density at radius 1 is 1.21 bits per heavy atom. The van der Waals surface area contributed by atoms with Crippen molar-refractivity contribution < 1.29 is 19.0 Å². The molecule has 1 aromatic carbocycles. The third-order valence-electron chi connectivity index (χ3n) is 4.91. The lowest BCUT2D eigenvalue weighted by molar-refractivity contribution is -0.135. The smallest absolute Gasteiger partial charge is 0.237 e. The van der Waals surface area contributed by atoms with Crippen LogP contribution in [0.3, 0.4) is 0 Å². The number of hydrogen-bond donors (Lipinski definition) is 0. The summed E-state index contributed by atoms with van der Waals surface area (Å²) in [4.78, 5) is 16.8. The maximum atomic E-state index is 12.7. The van der Waals surface area contributed by atoms with Crippen molar-refractivity contribution in [2.45, 2.75) is 25.9 Å². The van der Waals surface area contributed by atoms with Gasteiger partial charge in [0.1, 0.15) is 0 Å². The average Bonchev–Trinajstić information content (AvgIpc) is 2.61. The molecule has 2 aliphatic heterocycles. The van der Waals surface area contributed by atoms with Gasteiger partial charge in [0.25, 0.3) is 0 Å². The molecule has 0 saturated carbocycles. The van der Waals surface area contributed by atoms with Crippen molar-refractivity contribution >= 4 is 5.91 Å². The van der Waals surface area contributed by atoms with Crippen LogP contribution in [-0.2, 0) is 22.5 Å². The lowest BCUT2D eigenvalue weighted by Crippen LogP contribution is -2.49. The summed E-state index contributed by atoms with van der Waals surface area (Å²) in [5, 5.41) is 0. The highest BCUT2D eigenvalue weighted by Crippen LogP contribution is 2.33. The van der Waals surface area contributed by atoms with E-state index in [1.807, 2.05) is 17.0 Å². The molecule has 1 saturated heterocycles. The van der Waals surface area contributed by atoms with E-state index in [9.17, 15) is 4.79 Å². The number of nitrogens with zero attached hydrogens (tertiary/aromatic N) is 2. The topological polar surface area (TPSA) is 51.2 Å². The van der Waals surface area contributed by atoms with Crippen LogP contribution in [-0.4, -0.2) is 68.8 Å². The van der Waals surface area contributed by atoms with Gasteiger partial charge in [-0.25, -0.2) is 0 Å². The molecule has 0 radical (unpaired) electrons. The van der Waals surface area contributed by atoms with Crippen molar-refractivity contribution in [3.05, 3.63) is 23.3 Å². The van der Waals surface area contributed by atoms with Crippen LogP contribution in [0.2, 0.25) is 0 Å². The zero-order valence-corrected chi connectivity index (χ0v) is 14.7. The molecule has 2 aliphatic rings. The molecule has 1 atom stereocenters. The molecule has 0 N–H and O–H groups in total. The van der Waals surface area contributed by atoms with Crippen molar-refractivity contribution in [2.75, 3.05) is 47.1 Å². The number of methoxy groups -OCH3 is 2. The van der Waals surface area contributed by atoms with Crippen LogP contribution >= 0.6 is 0 Å². The number of carbonyl (C=O) groups is 1. The molecule has 0 spiro atoms. The van der Waals surface area contributed by atoms with E-state index >= 15 is 0 Å². The lowest BCUT2D eigenvalue weighted by atomic mass is 9.98. The summed E-state index contributed by atoms with van der Waals surface area (Å²) in [6, 6.07) is 4.31. The minimum Gasteiger partial charge on any atom is -0.493 e. The Morgan fingerprint density at radius 3 is 2.58 bits per heavy atom. The van der Waals surface area contributed by atoms with Crippen molar-refractivity contribution in [2.24, 2.45) is 0 Å². The second kappa shape index (κ2) is 7.40. The summed E-state index contributed by atoms with van der Waals surface area (Å²) in [7, 11) is 3.28. The summed E-state index contributed by atoms with van der Waals surface area (Å²) >= 11 is 0. The molecular weight excluding hydrogens is 308 g/mol. The molecule has 1 fully saturated rings. The Kier molecular flexibility index (Phi) is 5.26. The van der Waals surface area contributed by atoms with Crippen LogP contribution in [0, 0.1) is 0 Å². The van der Waals surface area contributed by atoms with Crippen LogP contribution in [0.25, 0.3) is 0 Å². The fourth-order valence-electron chi connectivity index (χ4n) is 3.37. The molecule has 2 heterocycles. The molecule has 6 nitrogen and oxygen atoms in total. The van der Waals surface area contributed by atoms with E-state index in [1.165, 1.54) is 5.56 Å². The quantitative estimate of drug-likeness (QED) is 0.831. The van der Waals surface area contributed by atoms with E-state index in [0.29, 0.717) is 38.1 Å². The predicted octanol–water partition coefficient (Wildman–Crippen LogP) is 1.31. The maximum absolute atomic E-state index is 12.7. The summed E-state index contributed by atoms with van der Waals surface area (Å²) in [5.74, 6) is 1.65. The second-order valence-electron chi connectivity index (χ2n) is 6.44. The summed E-state index contributed by atoms with van der Waals surface area (Å²) in [5.41, 5.74) is 2.37. The van der Waals surface area contributed by atoms with Crippen molar-refractivity contribution in [3.63, 3.8) is 0 Å². The first-order valence-electron chi connectivity index (χ1n) is 8.45. The van der Waals surface area contributed by atoms with E-state index in [1.54, 1.807) is 14.2 Å². The zero-order chi connectivity index (χ0) is 17.1. The first-order valence-corrected chi connectivity index (χ1v) is 8.45. The Hall–Kier alpha value is -1.79. The van der Waals surface area contributed by atoms with Gasteiger partial charge < -0.3 is 19.1 Å². The van der Waals surface area contributed by atoms with Gasteiger partial charge in [-0.05, 0) is 36.6 Å². The van der Waals surface area contributed by atoms with E-state index in [2.05, 4.69) is 11.8 Å². The van der Waals surface area contributed by atoms with Crippen LogP contribution in [0.1, 0.15) is 18.1 Å². The lowest BCUT2D eigenvalue weighted by Gasteiger charge is -2.35. The SMILES string of the molecule is COc1cc2c(cc1OC)CN(C(=O)CN1CCOCC1C)CC2.